The second-order valence-corrected chi connectivity index (χ2v) is 7.28. The van der Waals surface area contributed by atoms with Gasteiger partial charge in [-0.2, -0.15) is 13.2 Å². The second-order valence-electron chi connectivity index (χ2n) is 6.22. The van der Waals surface area contributed by atoms with Crippen LogP contribution < -0.4 is 5.73 Å². The van der Waals surface area contributed by atoms with Crippen molar-refractivity contribution in [2.75, 3.05) is 0 Å². The van der Waals surface area contributed by atoms with Crippen molar-refractivity contribution in [1.29, 1.82) is 0 Å². The predicted molar refractivity (Wildman–Crippen MR) is 99.0 cm³/mol. The fourth-order valence-corrected chi connectivity index (χ4v) is 3.97. The summed E-state index contributed by atoms with van der Waals surface area (Å²) in [4.78, 5) is 27.7. The molecule has 2 N–H and O–H groups in total. The Morgan fingerprint density at radius 1 is 1.21 bits per heavy atom. The topological polar surface area (TPSA) is 99.6 Å². The first-order chi connectivity index (χ1) is 13.8. The van der Waals surface area contributed by atoms with Gasteiger partial charge in [-0.3, -0.25) is 4.79 Å². The number of imidazole rings is 1. The van der Waals surface area contributed by atoms with E-state index in [1.54, 1.807) is 18.6 Å². The first-order valence-electron chi connectivity index (χ1n) is 8.36. The molecule has 29 heavy (non-hydrogen) atoms. The van der Waals surface area contributed by atoms with Crippen molar-refractivity contribution in [3.05, 3.63) is 71.3 Å². The molecule has 7 nitrogen and oxygen atoms in total. The number of halogens is 3. The Morgan fingerprint density at radius 3 is 2.72 bits per heavy atom. The maximum atomic E-state index is 13.0. The number of primary amides is 1. The number of aromatic nitrogens is 5. The number of nitrogens with two attached hydrogens (primary N) is 1. The molecule has 1 aromatic carbocycles. The normalized spacial score (nSPS) is 12.9. The maximum absolute atomic E-state index is 13.0. The Hall–Kier alpha value is -3.34. The molecule has 0 saturated carbocycles. The van der Waals surface area contributed by atoms with Crippen LogP contribution in [0.25, 0.3) is 10.2 Å². The van der Waals surface area contributed by atoms with Gasteiger partial charge in [0.05, 0.1) is 16.5 Å². The third-order valence-corrected chi connectivity index (χ3v) is 5.23. The Labute approximate surface area is 166 Å². The minimum atomic E-state index is -4.66. The van der Waals surface area contributed by atoms with E-state index in [2.05, 4.69) is 19.9 Å². The third kappa shape index (κ3) is 3.94. The van der Waals surface area contributed by atoms with Crippen LogP contribution in [0.5, 0.6) is 0 Å². The molecule has 11 heteroatoms. The minimum absolute atomic E-state index is 0.242. The summed E-state index contributed by atoms with van der Waals surface area (Å²) in [6.45, 7) is 0.596. The molecule has 4 aromatic rings. The second kappa shape index (κ2) is 7.24. The number of thiazole rings is 1. The van der Waals surface area contributed by atoms with E-state index >= 15 is 0 Å². The van der Waals surface area contributed by atoms with E-state index in [0.717, 1.165) is 22.5 Å². The average molecular weight is 418 g/mol. The number of hydrogen-bond acceptors (Lipinski definition) is 6. The Kier molecular flexibility index (Phi) is 4.74. The van der Waals surface area contributed by atoms with Gasteiger partial charge in [0.2, 0.25) is 5.91 Å². The molecule has 0 aliphatic rings. The highest BCUT2D eigenvalue weighted by Crippen LogP contribution is 2.33. The van der Waals surface area contributed by atoms with Crippen LogP contribution in [0, 0.1) is 0 Å². The summed E-state index contributed by atoms with van der Waals surface area (Å²) in [7, 11) is 0. The van der Waals surface area contributed by atoms with Gasteiger partial charge in [-0.1, -0.05) is 6.07 Å². The van der Waals surface area contributed by atoms with Gasteiger partial charge in [-0.15, -0.1) is 11.3 Å². The molecule has 1 amide bonds. The molecule has 0 aliphatic carbocycles. The van der Waals surface area contributed by atoms with Gasteiger partial charge in [-0.25, -0.2) is 19.9 Å². The smallest absolute Gasteiger partial charge is 0.369 e. The van der Waals surface area contributed by atoms with E-state index in [-0.39, 0.29) is 10.8 Å². The zero-order valence-corrected chi connectivity index (χ0v) is 15.5. The van der Waals surface area contributed by atoms with Crippen molar-refractivity contribution in [1.82, 2.24) is 24.5 Å². The van der Waals surface area contributed by atoms with E-state index in [0.29, 0.717) is 12.1 Å². The number of hydrogen-bond donors (Lipinski definition) is 1. The van der Waals surface area contributed by atoms with E-state index in [1.165, 1.54) is 11.3 Å². The average Bonchev–Trinajstić information content (AvgIpc) is 3.30. The summed E-state index contributed by atoms with van der Waals surface area (Å²) in [5, 5.41) is 0.242. The maximum Gasteiger partial charge on any atom is 0.433 e. The summed E-state index contributed by atoms with van der Waals surface area (Å²) in [5.41, 5.74) is 5.91. The van der Waals surface area contributed by atoms with Gasteiger partial charge in [-0.05, 0) is 23.8 Å². The zero-order valence-electron chi connectivity index (χ0n) is 14.7. The van der Waals surface area contributed by atoms with Crippen molar-refractivity contribution in [3.8, 4) is 0 Å². The summed E-state index contributed by atoms with van der Waals surface area (Å²) < 4.78 is 41.6. The molecule has 1 unspecified atom stereocenters. The fourth-order valence-electron chi connectivity index (χ4n) is 2.83. The highest BCUT2D eigenvalue weighted by atomic mass is 32.1. The Balaban J connectivity index is 1.72. The van der Waals surface area contributed by atoms with E-state index in [1.807, 2.05) is 22.9 Å². The summed E-state index contributed by atoms with van der Waals surface area (Å²) >= 11 is 1.17. The highest BCUT2D eigenvalue weighted by Gasteiger charge is 2.35. The number of carbonyl (C=O) groups is 1. The Morgan fingerprint density at radius 2 is 2.03 bits per heavy atom. The quantitative estimate of drug-likeness (QED) is 0.537. The largest absolute Gasteiger partial charge is 0.433 e. The van der Waals surface area contributed by atoms with Crippen LogP contribution >= 0.6 is 11.3 Å². The van der Waals surface area contributed by atoms with Gasteiger partial charge in [0.1, 0.15) is 22.4 Å². The highest BCUT2D eigenvalue weighted by molar-refractivity contribution is 7.18. The van der Waals surface area contributed by atoms with Crippen molar-refractivity contribution in [2.24, 2.45) is 5.73 Å². The molecule has 4 rings (SSSR count). The lowest BCUT2D eigenvalue weighted by atomic mass is 10.1. The lowest BCUT2D eigenvalue weighted by Crippen LogP contribution is -2.25. The number of alkyl halides is 3. The van der Waals surface area contributed by atoms with Gasteiger partial charge < -0.3 is 10.3 Å². The van der Waals surface area contributed by atoms with Gasteiger partial charge in [0.15, 0.2) is 0 Å². The molecule has 0 saturated heterocycles. The monoisotopic (exact) mass is 418 g/mol. The fraction of sp³-hybridized carbons (Fsp3) is 0.167. The van der Waals surface area contributed by atoms with Gasteiger partial charge in [0.25, 0.3) is 0 Å². The van der Waals surface area contributed by atoms with Crippen LogP contribution in [0.3, 0.4) is 0 Å². The summed E-state index contributed by atoms with van der Waals surface area (Å²) in [6.07, 6.45) is 1.50. The number of benzene rings is 1. The molecule has 0 bridgehead atoms. The molecule has 0 fully saturated rings. The molecular weight excluding hydrogens is 405 g/mol. The zero-order chi connectivity index (χ0) is 20.6. The van der Waals surface area contributed by atoms with Crippen LogP contribution in [-0.4, -0.2) is 30.4 Å². The van der Waals surface area contributed by atoms with E-state index < -0.39 is 23.7 Å². The number of nitrogens with zero attached hydrogens (tertiary/aromatic N) is 5. The van der Waals surface area contributed by atoms with Crippen LogP contribution in [0.2, 0.25) is 0 Å². The molecule has 3 aromatic heterocycles. The van der Waals surface area contributed by atoms with Crippen LogP contribution in [0.15, 0.2) is 49.2 Å². The Bertz CT molecular complexity index is 1170. The number of carbonyl (C=O) groups excluding carboxylic acids is 1. The number of amides is 1. The SMILES string of the molecule is NC(=O)C(c1nccc(C(F)(F)F)n1)c1nc2ccc(Cn3ccnc3)cc2s1. The summed E-state index contributed by atoms with van der Waals surface area (Å²) in [5.74, 6) is -2.47. The van der Waals surface area contributed by atoms with Crippen molar-refractivity contribution >= 4 is 27.5 Å². The minimum Gasteiger partial charge on any atom is -0.369 e. The van der Waals surface area contributed by atoms with Crippen molar-refractivity contribution in [2.45, 2.75) is 18.6 Å². The predicted octanol–water partition coefficient (Wildman–Crippen LogP) is 2.97. The standard InChI is InChI=1S/C18H13F3N6OS/c19-18(20,21)13-3-4-24-16(26-13)14(15(22)28)17-25-11-2-1-10(7-12(11)29-17)8-27-6-5-23-9-27/h1-7,9,14H,8H2,(H2,22,28). The lowest BCUT2D eigenvalue weighted by Gasteiger charge is -2.11. The molecular formula is C18H13F3N6OS. The number of rotatable bonds is 5. The van der Waals surface area contributed by atoms with Gasteiger partial charge in [0, 0.05) is 25.1 Å². The van der Waals surface area contributed by atoms with Crippen molar-refractivity contribution in [3.63, 3.8) is 0 Å². The number of fused-ring (bicyclic) bond motifs is 1. The van der Waals surface area contributed by atoms with Crippen LogP contribution in [0.1, 0.15) is 28.0 Å². The third-order valence-electron chi connectivity index (χ3n) is 4.15. The molecule has 148 valence electrons. The summed E-state index contributed by atoms with van der Waals surface area (Å²) in [6, 6.07) is 6.31. The van der Waals surface area contributed by atoms with Crippen molar-refractivity contribution < 1.29 is 18.0 Å². The molecule has 1 atom stereocenters. The molecule has 0 aliphatic heterocycles. The first-order valence-corrected chi connectivity index (χ1v) is 9.17. The lowest BCUT2D eigenvalue weighted by molar-refractivity contribution is -0.141. The molecule has 0 radical (unpaired) electrons. The molecule has 3 heterocycles. The molecule has 0 spiro atoms. The first kappa shape index (κ1) is 19.0. The van der Waals surface area contributed by atoms with E-state index in [4.69, 9.17) is 5.73 Å². The van der Waals surface area contributed by atoms with E-state index in [9.17, 15) is 18.0 Å². The van der Waals surface area contributed by atoms with Crippen LogP contribution in [-0.2, 0) is 17.5 Å². The van der Waals surface area contributed by atoms with Crippen LogP contribution in [0.4, 0.5) is 13.2 Å². The van der Waals surface area contributed by atoms with Gasteiger partial charge >= 0.3 is 6.18 Å².